The largest absolute Gasteiger partial charge is 0.378 e. The molecule has 2 unspecified atom stereocenters. The van der Waals surface area contributed by atoms with E-state index >= 15 is 0 Å². The predicted molar refractivity (Wildman–Crippen MR) is 100 cm³/mol. The number of para-hydroxylation sites is 2. The van der Waals surface area contributed by atoms with Crippen LogP contribution in [0.4, 0.5) is 0 Å². The maximum Gasteiger partial charge on any atom is 0.326 e. The van der Waals surface area contributed by atoms with Crippen molar-refractivity contribution in [3.63, 3.8) is 0 Å². The highest BCUT2D eigenvalue weighted by molar-refractivity contribution is 5.79. The summed E-state index contributed by atoms with van der Waals surface area (Å²) < 4.78 is 7.58. The molecule has 2 aromatic rings. The van der Waals surface area contributed by atoms with E-state index in [4.69, 9.17) is 4.74 Å². The van der Waals surface area contributed by atoms with Gasteiger partial charge in [0.05, 0.1) is 17.1 Å². The summed E-state index contributed by atoms with van der Waals surface area (Å²) in [6.45, 7) is 4.26. The van der Waals surface area contributed by atoms with Gasteiger partial charge in [-0.15, -0.1) is 0 Å². The second-order valence-electron chi connectivity index (χ2n) is 7.50. The number of benzene rings is 1. The van der Waals surface area contributed by atoms with Gasteiger partial charge in [-0.25, -0.2) is 4.79 Å². The zero-order valence-corrected chi connectivity index (χ0v) is 15.3. The molecule has 1 aromatic heterocycles. The summed E-state index contributed by atoms with van der Waals surface area (Å²) in [5.74, 6) is 0.373. The summed E-state index contributed by atoms with van der Waals surface area (Å²) in [5.41, 5.74) is 1.78. The van der Waals surface area contributed by atoms with Crippen LogP contribution in [0.25, 0.3) is 11.0 Å². The van der Waals surface area contributed by atoms with Gasteiger partial charge < -0.3 is 14.6 Å². The molecule has 0 radical (unpaired) electrons. The molecule has 4 rings (SSSR count). The summed E-state index contributed by atoms with van der Waals surface area (Å²) in [5, 5.41) is 0. The predicted octanol–water partition coefficient (Wildman–Crippen LogP) is 2.70. The fourth-order valence-electron chi connectivity index (χ4n) is 4.43. The van der Waals surface area contributed by atoms with E-state index in [2.05, 4.69) is 11.9 Å². The summed E-state index contributed by atoms with van der Waals surface area (Å²) in [7, 11) is 0. The van der Waals surface area contributed by atoms with Crippen LogP contribution in [0.15, 0.2) is 29.1 Å². The third-order valence-corrected chi connectivity index (χ3v) is 5.94. The van der Waals surface area contributed by atoms with E-state index in [1.165, 1.54) is 0 Å². The Balaban J connectivity index is 1.43. The molecule has 1 N–H and O–H groups in total. The van der Waals surface area contributed by atoms with Crippen molar-refractivity contribution in [1.29, 1.82) is 0 Å². The fraction of sp³-hybridized carbons (Fsp3) is 0.600. The SMILES string of the molecule is CCC1CC(C(=O)N2CCC(n3c(=O)[nH]c4ccccc43)CC2)CCO1. The number of aromatic nitrogens is 2. The third-order valence-electron chi connectivity index (χ3n) is 5.94. The Morgan fingerprint density at radius 1 is 1.23 bits per heavy atom. The Hall–Kier alpha value is -2.08. The molecule has 2 aliphatic heterocycles. The monoisotopic (exact) mass is 357 g/mol. The zero-order valence-electron chi connectivity index (χ0n) is 15.3. The van der Waals surface area contributed by atoms with Gasteiger partial charge in [-0.1, -0.05) is 19.1 Å². The zero-order chi connectivity index (χ0) is 18.1. The molecule has 0 spiro atoms. The molecule has 26 heavy (non-hydrogen) atoms. The Morgan fingerprint density at radius 2 is 2.00 bits per heavy atom. The van der Waals surface area contributed by atoms with Crippen LogP contribution in [0.5, 0.6) is 0 Å². The van der Waals surface area contributed by atoms with Gasteiger partial charge in [0.2, 0.25) is 5.91 Å². The second-order valence-corrected chi connectivity index (χ2v) is 7.50. The minimum atomic E-state index is -0.0498. The van der Waals surface area contributed by atoms with Crippen molar-refractivity contribution < 1.29 is 9.53 Å². The Bertz CT molecular complexity index is 832. The minimum absolute atomic E-state index is 0.0498. The van der Waals surface area contributed by atoms with Gasteiger partial charge in [0, 0.05) is 31.7 Å². The molecule has 0 bridgehead atoms. The molecule has 6 heteroatoms. The van der Waals surface area contributed by atoms with E-state index in [-0.39, 0.29) is 29.7 Å². The number of likely N-dealkylation sites (tertiary alicyclic amines) is 1. The van der Waals surface area contributed by atoms with Crippen molar-refractivity contribution in [3.8, 4) is 0 Å². The average molecular weight is 357 g/mol. The number of aromatic amines is 1. The Labute approximate surface area is 153 Å². The number of carbonyl (C=O) groups excluding carboxylic acids is 1. The quantitative estimate of drug-likeness (QED) is 0.918. The van der Waals surface area contributed by atoms with E-state index < -0.39 is 0 Å². The van der Waals surface area contributed by atoms with Gasteiger partial charge in [-0.05, 0) is 44.2 Å². The first-order chi connectivity index (χ1) is 12.7. The second kappa shape index (κ2) is 7.27. The molecule has 1 aromatic carbocycles. The first-order valence-corrected chi connectivity index (χ1v) is 9.77. The van der Waals surface area contributed by atoms with Gasteiger partial charge in [-0.2, -0.15) is 0 Å². The van der Waals surface area contributed by atoms with E-state index in [0.29, 0.717) is 6.61 Å². The first-order valence-electron chi connectivity index (χ1n) is 9.77. The third kappa shape index (κ3) is 3.18. The van der Waals surface area contributed by atoms with Gasteiger partial charge in [0.25, 0.3) is 0 Å². The maximum atomic E-state index is 12.9. The van der Waals surface area contributed by atoms with Crippen molar-refractivity contribution in [1.82, 2.24) is 14.5 Å². The highest BCUT2D eigenvalue weighted by atomic mass is 16.5. The number of piperidine rings is 1. The molecule has 2 fully saturated rings. The standard InChI is InChI=1S/C20H27N3O3/c1-2-16-13-14(9-12-26-16)19(24)22-10-7-15(8-11-22)23-18-6-4-3-5-17(18)21-20(23)25/h3-6,14-16H,2,7-13H2,1H3,(H,21,25). The topological polar surface area (TPSA) is 67.3 Å². The molecule has 140 valence electrons. The Kier molecular flexibility index (Phi) is 4.85. The van der Waals surface area contributed by atoms with Crippen LogP contribution in [-0.4, -0.2) is 46.2 Å². The molecular formula is C20H27N3O3. The summed E-state index contributed by atoms with van der Waals surface area (Å²) in [4.78, 5) is 30.2. The smallest absolute Gasteiger partial charge is 0.326 e. The maximum absolute atomic E-state index is 12.9. The van der Waals surface area contributed by atoms with Crippen LogP contribution >= 0.6 is 0 Å². The van der Waals surface area contributed by atoms with Gasteiger partial charge in [0.15, 0.2) is 0 Å². The van der Waals surface area contributed by atoms with Gasteiger partial charge in [-0.3, -0.25) is 9.36 Å². The number of hydrogen-bond donors (Lipinski definition) is 1. The molecule has 6 nitrogen and oxygen atoms in total. The van der Waals surface area contributed by atoms with E-state index in [0.717, 1.165) is 56.2 Å². The van der Waals surface area contributed by atoms with Crippen LogP contribution in [-0.2, 0) is 9.53 Å². The minimum Gasteiger partial charge on any atom is -0.378 e. The number of rotatable bonds is 3. The van der Waals surface area contributed by atoms with Crippen LogP contribution in [0, 0.1) is 5.92 Å². The van der Waals surface area contributed by atoms with Crippen molar-refractivity contribution in [2.75, 3.05) is 19.7 Å². The molecular weight excluding hydrogens is 330 g/mol. The highest BCUT2D eigenvalue weighted by Crippen LogP contribution is 2.28. The molecule has 3 heterocycles. The molecule has 1 amide bonds. The molecule has 2 atom stereocenters. The number of H-pyrrole nitrogens is 1. The number of amides is 1. The number of fused-ring (bicyclic) bond motifs is 1. The number of hydrogen-bond acceptors (Lipinski definition) is 3. The number of nitrogens with one attached hydrogen (secondary N) is 1. The van der Waals surface area contributed by atoms with E-state index in [9.17, 15) is 9.59 Å². The van der Waals surface area contributed by atoms with Crippen molar-refractivity contribution >= 4 is 16.9 Å². The first kappa shape index (κ1) is 17.3. The van der Waals surface area contributed by atoms with Crippen LogP contribution in [0.1, 0.15) is 45.1 Å². The lowest BCUT2D eigenvalue weighted by molar-refractivity contribution is -0.142. The van der Waals surface area contributed by atoms with Gasteiger partial charge in [0.1, 0.15) is 0 Å². The molecule has 2 aliphatic rings. The van der Waals surface area contributed by atoms with Crippen LogP contribution < -0.4 is 5.69 Å². The molecule has 0 saturated carbocycles. The van der Waals surface area contributed by atoms with Crippen molar-refractivity contribution in [2.24, 2.45) is 5.92 Å². The lowest BCUT2D eigenvalue weighted by atomic mass is 9.92. The molecule has 0 aliphatic carbocycles. The van der Waals surface area contributed by atoms with Crippen molar-refractivity contribution in [2.45, 2.75) is 51.2 Å². The van der Waals surface area contributed by atoms with E-state index in [1.54, 1.807) is 0 Å². The normalized spacial score (nSPS) is 24.9. The fourth-order valence-corrected chi connectivity index (χ4v) is 4.43. The van der Waals surface area contributed by atoms with Crippen LogP contribution in [0.3, 0.4) is 0 Å². The number of carbonyl (C=O) groups is 1. The number of imidazole rings is 1. The van der Waals surface area contributed by atoms with Crippen molar-refractivity contribution in [3.05, 3.63) is 34.7 Å². The van der Waals surface area contributed by atoms with Crippen LogP contribution in [0.2, 0.25) is 0 Å². The lowest BCUT2D eigenvalue weighted by Gasteiger charge is -2.36. The highest BCUT2D eigenvalue weighted by Gasteiger charge is 2.33. The summed E-state index contributed by atoms with van der Waals surface area (Å²) in [6.07, 6.45) is 4.52. The van der Waals surface area contributed by atoms with E-state index in [1.807, 2.05) is 33.7 Å². The summed E-state index contributed by atoms with van der Waals surface area (Å²) >= 11 is 0. The number of ether oxygens (including phenoxy) is 1. The number of nitrogens with zero attached hydrogens (tertiary/aromatic N) is 2. The van der Waals surface area contributed by atoms with Gasteiger partial charge >= 0.3 is 5.69 Å². The average Bonchev–Trinajstić information content (AvgIpc) is 3.03. The molecule has 2 saturated heterocycles. The Morgan fingerprint density at radius 3 is 2.77 bits per heavy atom. The summed E-state index contributed by atoms with van der Waals surface area (Å²) in [6, 6.07) is 7.96. The lowest BCUT2D eigenvalue weighted by Crippen LogP contribution is -2.45.